The van der Waals surface area contributed by atoms with E-state index in [1.807, 2.05) is 36.1 Å². The molecule has 3 rings (SSSR count). The molecule has 0 atom stereocenters. The molecule has 1 N–H and O–H groups in total. The molecule has 1 aliphatic rings. The van der Waals surface area contributed by atoms with Crippen LogP contribution in [0.25, 0.3) is 10.6 Å². The van der Waals surface area contributed by atoms with Gasteiger partial charge in [0.2, 0.25) is 5.91 Å². The number of rotatable bonds is 6. The van der Waals surface area contributed by atoms with Gasteiger partial charge in [0.15, 0.2) is 0 Å². The van der Waals surface area contributed by atoms with E-state index in [2.05, 4.69) is 10.3 Å². The van der Waals surface area contributed by atoms with E-state index in [0.717, 1.165) is 48.5 Å². The molecule has 1 aliphatic heterocycles. The van der Waals surface area contributed by atoms with Crippen LogP contribution in [0, 0.1) is 6.92 Å². The molecule has 1 aromatic carbocycles. The fourth-order valence-electron chi connectivity index (χ4n) is 3.18. The molecule has 144 valence electrons. The molecule has 1 fully saturated rings. The van der Waals surface area contributed by atoms with E-state index in [1.165, 1.54) is 11.3 Å². The number of benzene rings is 1. The second kappa shape index (κ2) is 9.33. The highest BCUT2D eigenvalue weighted by molar-refractivity contribution is 7.17. The van der Waals surface area contributed by atoms with Gasteiger partial charge in [-0.15, -0.1) is 11.3 Å². The molecule has 0 spiro atoms. The summed E-state index contributed by atoms with van der Waals surface area (Å²) in [6.07, 6.45) is 4.60. The van der Waals surface area contributed by atoms with Crippen LogP contribution in [0.2, 0.25) is 5.02 Å². The van der Waals surface area contributed by atoms with Crippen molar-refractivity contribution in [2.45, 2.75) is 39.0 Å². The van der Waals surface area contributed by atoms with Crippen molar-refractivity contribution in [3.63, 3.8) is 0 Å². The van der Waals surface area contributed by atoms with E-state index in [-0.39, 0.29) is 11.8 Å². The second-order valence-corrected chi connectivity index (χ2v) is 8.18. The van der Waals surface area contributed by atoms with Gasteiger partial charge in [-0.1, -0.05) is 30.2 Å². The maximum absolute atomic E-state index is 12.5. The molecule has 27 heavy (non-hydrogen) atoms. The highest BCUT2D eigenvalue weighted by atomic mass is 35.5. The minimum absolute atomic E-state index is 0.111. The van der Waals surface area contributed by atoms with Crippen molar-refractivity contribution in [2.24, 2.45) is 0 Å². The van der Waals surface area contributed by atoms with Gasteiger partial charge in [0.25, 0.3) is 5.91 Å². The number of amides is 2. The Kier molecular flexibility index (Phi) is 6.85. The van der Waals surface area contributed by atoms with Gasteiger partial charge in [0, 0.05) is 36.6 Å². The first-order valence-corrected chi connectivity index (χ1v) is 10.5. The summed E-state index contributed by atoms with van der Waals surface area (Å²) in [5, 5.41) is 4.39. The topological polar surface area (TPSA) is 62.3 Å². The van der Waals surface area contributed by atoms with Crippen molar-refractivity contribution in [3.8, 4) is 10.6 Å². The third kappa shape index (κ3) is 5.30. The highest BCUT2D eigenvalue weighted by Crippen LogP contribution is 2.29. The number of hydrogen-bond acceptors (Lipinski definition) is 4. The summed E-state index contributed by atoms with van der Waals surface area (Å²) < 4.78 is 0. The highest BCUT2D eigenvalue weighted by Gasteiger charge is 2.18. The number of halogens is 1. The fourth-order valence-corrected chi connectivity index (χ4v) is 4.35. The van der Waals surface area contributed by atoms with Crippen LogP contribution < -0.4 is 5.32 Å². The number of aryl methyl sites for hydroxylation is 1. The summed E-state index contributed by atoms with van der Waals surface area (Å²) >= 11 is 7.41. The standard InChI is InChI=1S/C20H24ClN3O2S/c1-14-18(27-20(23-14)15-7-5-8-16(21)13-15)19(26)22-10-6-12-24-11-4-2-3-9-17(24)25/h5,7-8,13H,2-4,6,9-12H2,1H3,(H,22,26). The number of carbonyl (C=O) groups excluding carboxylic acids is 2. The molecule has 7 heteroatoms. The normalized spacial score (nSPS) is 14.9. The van der Waals surface area contributed by atoms with E-state index < -0.39 is 0 Å². The zero-order valence-electron chi connectivity index (χ0n) is 15.5. The van der Waals surface area contributed by atoms with Crippen molar-refractivity contribution in [3.05, 3.63) is 39.9 Å². The van der Waals surface area contributed by atoms with Gasteiger partial charge in [-0.25, -0.2) is 4.98 Å². The Morgan fingerprint density at radius 2 is 2.19 bits per heavy atom. The Morgan fingerprint density at radius 3 is 3.00 bits per heavy atom. The summed E-state index contributed by atoms with van der Waals surface area (Å²) in [4.78, 5) is 31.6. The van der Waals surface area contributed by atoms with E-state index in [1.54, 1.807) is 0 Å². The average Bonchev–Trinajstić information content (AvgIpc) is 2.92. The van der Waals surface area contributed by atoms with Crippen LogP contribution in [0.1, 0.15) is 47.5 Å². The summed E-state index contributed by atoms with van der Waals surface area (Å²) in [7, 11) is 0. The minimum atomic E-state index is -0.111. The molecule has 0 saturated carbocycles. The smallest absolute Gasteiger partial charge is 0.263 e. The molecule has 2 aromatic rings. The third-order valence-corrected chi connectivity index (χ3v) is 6.08. The van der Waals surface area contributed by atoms with Gasteiger partial charge in [-0.3, -0.25) is 9.59 Å². The first kappa shape index (κ1) is 19.8. The predicted octanol–water partition coefficient (Wildman–Crippen LogP) is 4.29. The van der Waals surface area contributed by atoms with Gasteiger partial charge in [0.1, 0.15) is 9.88 Å². The van der Waals surface area contributed by atoms with Crippen LogP contribution in [-0.2, 0) is 4.79 Å². The molecule has 2 heterocycles. The summed E-state index contributed by atoms with van der Waals surface area (Å²) in [5.41, 5.74) is 1.63. The van der Waals surface area contributed by atoms with Crippen LogP contribution in [-0.4, -0.2) is 41.3 Å². The Morgan fingerprint density at radius 1 is 1.33 bits per heavy atom. The molecule has 2 amide bonds. The lowest BCUT2D eigenvalue weighted by molar-refractivity contribution is -0.130. The van der Waals surface area contributed by atoms with Crippen LogP contribution >= 0.6 is 22.9 Å². The van der Waals surface area contributed by atoms with Gasteiger partial charge < -0.3 is 10.2 Å². The van der Waals surface area contributed by atoms with E-state index in [4.69, 9.17) is 11.6 Å². The molecule has 0 unspecified atom stereocenters. The third-order valence-electron chi connectivity index (χ3n) is 4.64. The van der Waals surface area contributed by atoms with Crippen molar-refractivity contribution < 1.29 is 9.59 Å². The quantitative estimate of drug-likeness (QED) is 0.729. The van der Waals surface area contributed by atoms with Crippen LogP contribution in [0.3, 0.4) is 0 Å². The van der Waals surface area contributed by atoms with Gasteiger partial charge in [-0.2, -0.15) is 0 Å². The number of likely N-dealkylation sites (tertiary alicyclic amines) is 1. The maximum atomic E-state index is 12.5. The number of thiazole rings is 1. The zero-order chi connectivity index (χ0) is 19.2. The zero-order valence-corrected chi connectivity index (χ0v) is 17.0. The van der Waals surface area contributed by atoms with E-state index in [0.29, 0.717) is 29.4 Å². The summed E-state index contributed by atoms with van der Waals surface area (Å²) in [5.74, 6) is 0.128. The van der Waals surface area contributed by atoms with Crippen LogP contribution in [0.4, 0.5) is 0 Å². The summed E-state index contributed by atoms with van der Waals surface area (Å²) in [6, 6.07) is 7.47. The van der Waals surface area contributed by atoms with Gasteiger partial charge in [0.05, 0.1) is 5.69 Å². The predicted molar refractivity (Wildman–Crippen MR) is 109 cm³/mol. The summed E-state index contributed by atoms with van der Waals surface area (Å²) in [6.45, 7) is 3.93. The Hall–Kier alpha value is -1.92. The number of nitrogens with zero attached hydrogens (tertiary/aromatic N) is 2. The number of carbonyl (C=O) groups is 2. The van der Waals surface area contributed by atoms with Gasteiger partial charge in [-0.05, 0) is 38.3 Å². The molecule has 5 nitrogen and oxygen atoms in total. The second-order valence-electron chi connectivity index (χ2n) is 6.74. The van der Waals surface area contributed by atoms with E-state index in [9.17, 15) is 9.59 Å². The van der Waals surface area contributed by atoms with Crippen LogP contribution in [0.15, 0.2) is 24.3 Å². The average molecular weight is 406 g/mol. The maximum Gasteiger partial charge on any atom is 0.263 e. The largest absolute Gasteiger partial charge is 0.351 e. The number of aromatic nitrogens is 1. The lowest BCUT2D eigenvalue weighted by Crippen LogP contribution is -2.33. The van der Waals surface area contributed by atoms with Crippen molar-refractivity contribution in [1.82, 2.24) is 15.2 Å². The fraction of sp³-hybridized carbons (Fsp3) is 0.450. The lowest BCUT2D eigenvalue weighted by Gasteiger charge is -2.20. The van der Waals surface area contributed by atoms with Crippen molar-refractivity contribution >= 4 is 34.8 Å². The number of hydrogen-bond donors (Lipinski definition) is 1. The Balaban J connectivity index is 1.53. The van der Waals surface area contributed by atoms with Crippen molar-refractivity contribution in [2.75, 3.05) is 19.6 Å². The molecule has 0 radical (unpaired) electrons. The molecule has 0 bridgehead atoms. The number of nitrogens with one attached hydrogen (secondary N) is 1. The molecular weight excluding hydrogens is 382 g/mol. The van der Waals surface area contributed by atoms with Gasteiger partial charge >= 0.3 is 0 Å². The Labute approximate surface area is 168 Å². The molecule has 1 saturated heterocycles. The monoisotopic (exact) mass is 405 g/mol. The SMILES string of the molecule is Cc1nc(-c2cccc(Cl)c2)sc1C(=O)NCCCN1CCCCCC1=O. The molecule has 1 aromatic heterocycles. The van der Waals surface area contributed by atoms with Crippen molar-refractivity contribution in [1.29, 1.82) is 0 Å². The first-order chi connectivity index (χ1) is 13.0. The molecule has 0 aliphatic carbocycles. The van der Waals surface area contributed by atoms with E-state index >= 15 is 0 Å². The Bertz CT molecular complexity index is 821. The molecular formula is C20H24ClN3O2S. The van der Waals surface area contributed by atoms with Crippen LogP contribution in [0.5, 0.6) is 0 Å². The first-order valence-electron chi connectivity index (χ1n) is 9.34. The minimum Gasteiger partial charge on any atom is -0.351 e. The lowest BCUT2D eigenvalue weighted by atomic mass is 10.2.